The molecular formula is C15H11BrFNO3. The van der Waals surface area contributed by atoms with Crippen LogP contribution in [0.3, 0.4) is 0 Å². The summed E-state index contributed by atoms with van der Waals surface area (Å²) in [6.45, 7) is 0. The molecule has 0 radical (unpaired) electrons. The van der Waals surface area contributed by atoms with E-state index in [0.717, 1.165) is 6.07 Å². The molecule has 0 aromatic heterocycles. The van der Waals surface area contributed by atoms with Gasteiger partial charge in [-0.1, -0.05) is 30.3 Å². The maximum atomic E-state index is 13.4. The summed E-state index contributed by atoms with van der Waals surface area (Å²) < 4.78 is 13.6. The average molecular weight is 352 g/mol. The number of carboxylic acids is 1. The lowest BCUT2D eigenvalue weighted by Crippen LogP contribution is -2.33. The first kappa shape index (κ1) is 15.2. The zero-order valence-corrected chi connectivity index (χ0v) is 12.3. The molecule has 2 N–H and O–H groups in total. The summed E-state index contributed by atoms with van der Waals surface area (Å²) in [6.07, 6.45) is 0. The molecule has 6 heteroatoms. The second-order valence-electron chi connectivity index (χ2n) is 4.28. The third kappa shape index (κ3) is 3.66. The van der Waals surface area contributed by atoms with E-state index >= 15 is 0 Å². The molecule has 0 aliphatic rings. The van der Waals surface area contributed by atoms with Crippen LogP contribution in [0.4, 0.5) is 4.39 Å². The van der Waals surface area contributed by atoms with E-state index in [1.165, 1.54) is 12.1 Å². The first-order valence-corrected chi connectivity index (χ1v) is 6.82. The Kier molecular flexibility index (Phi) is 4.70. The van der Waals surface area contributed by atoms with Gasteiger partial charge < -0.3 is 10.4 Å². The fraction of sp³-hybridized carbons (Fsp3) is 0.0667. The van der Waals surface area contributed by atoms with E-state index in [9.17, 15) is 19.1 Å². The molecule has 1 atom stereocenters. The van der Waals surface area contributed by atoms with Crippen LogP contribution in [0.1, 0.15) is 22.0 Å². The van der Waals surface area contributed by atoms with Gasteiger partial charge in [0.1, 0.15) is 5.82 Å². The van der Waals surface area contributed by atoms with Gasteiger partial charge in [-0.05, 0) is 39.7 Å². The third-order valence-electron chi connectivity index (χ3n) is 2.84. The van der Waals surface area contributed by atoms with Gasteiger partial charge in [0.25, 0.3) is 5.91 Å². The number of aliphatic carboxylic acids is 1. The maximum Gasteiger partial charge on any atom is 0.330 e. The van der Waals surface area contributed by atoms with Crippen molar-refractivity contribution in [2.75, 3.05) is 0 Å². The molecule has 0 aliphatic carbocycles. The lowest BCUT2D eigenvalue weighted by molar-refractivity contribution is -0.139. The number of halogens is 2. The number of carbonyl (C=O) groups is 2. The van der Waals surface area contributed by atoms with Crippen molar-refractivity contribution in [2.45, 2.75) is 6.04 Å². The van der Waals surface area contributed by atoms with E-state index in [-0.39, 0.29) is 10.0 Å². The van der Waals surface area contributed by atoms with Gasteiger partial charge in [0.15, 0.2) is 6.04 Å². The van der Waals surface area contributed by atoms with Crippen LogP contribution in [0.15, 0.2) is 53.0 Å². The van der Waals surface area contributed by atoms with E-state index in [1.54, 1.807) is 30.3 Å². The Labute approximate surface area is 128 Å². The zero-order valence-electron chi connectivity index (χ0n) is 10.7. The van der Waals surface area contributed by atoms with Crippen molar-refractivity contribution in [3.05, 3.63) is 69.9 Å². The molecule has 0 heterocycles. The SMILES string of the molecule is O=C(N[C@H](C(=O)O)c1ccccc1)c1ccc(Br)c(F)c1. The average Bonchev–Trinajstić information content (AvgIpc) is 2.48. The molecule has 1 amide bonds. The second-order valence-corrected chi connectivity index (χ2v) is 5.14. The monoisotopic (exact) mass is 351 g/mol. The summed E-state index contributed by atoms with van der Waals surface area (Å²) in [5.41, 5.74) is 0.494. The number of benzene rings is 2. The highest BCUT2D eigenvalue weighted by Crippen LogP contribution is 2.18. The molecule has 2 aromatic rings. The Balaban J connectivity index is 2.23. The maximum absolute atomic E-state index is 13.4. The molecule has 0 bridgehead atoms. The smallest absolute Gasteiger partial charge is 0.330 e. The summed E-state index contributed by atoms with van der Waals surface area (Å²) in [4.78, 5) is 23.3. The lowest BCUT2D eigenvalue weighted by Gasteiger charge is -2.15. The van der Waals surface area contributed by atoms with E-state index in [1.807, 2.05) is 0 Å². The van der Waals surface area contributed by atoms with Gasteiger partial charge in [-0.3, -0.25) is 4.79 Å². The van der Waals surface area contributed by atoms with E-state index in [2.05, 4.69) is 21.2 Å². The molecule has 0 unspecified atom stereocenters. The lowest BCUT2D eigenvalue weighted by atomic mass is 10.1. The Morgan fingerprint density at radius 3 is 2.38 bits per heavy atom. The fourth-order valence-electron chi connectivity index (χ4n) is 1.78. The van der Waals surface area contributed by atoms with Crippen molar-refractivity contribution in [1.29, 1.82) is 0 Å². The number of carboxylic acid groups (broad SMARTS) is 1. The van der Waals surface area contributed by atoms with Crippen LogP contribution in [-0.4, -0.2) is 17.0 Å². The molecule has 21 heavy (non-hydrogen) atoms. The van der Waals surface area contributed by atoms with Crippen LogP contribution in [0.5, 0.6) is 0 Å². The highest BCUT2D eigenvalue weighted by Gasteiger charge is 2.22. The number of amides is 1. The van der Waals surface area contributed by atoms with Gasteiger partial charge in [0.2, 0.25) is 0 Å². The third-order valence-corrected chi connectivity index (χ3v) is 3.48. The normalized spacial score (nSPS) is 11.7. The molecule has 4 nitrogen and oxygen atoms in total. The van der Waals surface area contributed by atoms with Gasteiger partial charge in [0, 0.05) is 5.56 Å². The highest BCUT2D eigenvalue weighted by molar-refractivity contribution is 9.10. The van der Waals surface area contributed by atoms with Crippen LogP contribution in [0, 0.1) is 5.82 Å². The number of carbonyl (C=O) groups excluding carboxylic acids is 1. The van der Waals surface area contributed by atoms with Crippen molar-refractivity contribution in [1.82, 2.24) is 5.32 Å². The summed E-state index contributed by atoms with van der Waals surface area (Å²) in [6, 6.07) is 11.0. The van der Waals surface area contributed by atoms with Gasteiger partial charge in [-0.25, -0.2) is 9.18 Å². The molecule has 0 aliphatic heterocycles. The van der Waals surface area contributed by atoms with E-state index < -0.39 is 23.7 Å². The summed E-state index contributed by atoms with van der Waals surface area (Å²) in [5.74, 6) is -2.43. The van der Waals surface area contributed by atoms with Gasteiger partial charge >= 0.3 is 5.97 Å². The van der Waals surface area contributed by atoms with Crippen molar-refractivity contribution < 1.29 is 19.1 Å². The van der Waals surface area contributed by atoms with E-state index in [4.69, 9.17) is 0 Å². The molecule has 108 valence electrons. The highest BCUT2D eigenvalue weighted by atomic mass is 79.9. The Hall–Kier alpha value is -2.21. The molecule has 0 fully saturated rings. The van der Waals surface area contributed by atoms with Crippen molar-refractivity contribution in [3.8, 4) is 0 Å². The molecule has 2 rings (SSSR count). The van der Waals surface area contributed by atoms with Crippen LogP contribution < -0.4 is 5.32 Å². The van der Waals surface area contributed by atoms with Gasteiger partial charge in [0.05, 0.1) is 4.47 Å². The number of hydrogen-bond acceptors (Lipinski definition) is 2. The van der Waals surface area contributed by atoms with Crippen molar-refractivity contribution in [2.24, 2.45) is 0 Å². The van der Waals surface area contributed by atoms with Crippen LogP contribution >= 0.6 is 15.9 Å². The number of hydrogen-bond donors (Lipinski definition) is 2. The predicted molar refractivity (Wildman–Crippen MR) is 78.4 cm³/mol. The molecule has 0 spiro atoms. The molecular weight excluding hydrogens is 341 g/mol. The standard InChI is InChI=1S/C15H11BrFNO3/c16-11-7-6-10(8-12(11)17)14(19)18-13(15(20)21)9-4-2-1-3-5-9/h1-8,13H,(H,18,19)(H,20,21)/t13-/m0/s1. The Morgan fingerprint density at radius 1 is 1.14 bits per heavy atom. The van der Waals surface area contributed by atoms with Crippen molar-refractivity contribution in [3.63, 3.8) is 0 Å². The zero-order chi connectivity index (χ0) is 15.4. The van der Waals surface area contributed by atoms with Crippen LogP contribution in [-0.2, 0) is 4.79 Å². The summed E-state index contributed by atoms with van der Waals surface area (Å²) in [5, 5.41) is 11.6. The van der Waals surface area contributed by atoms with E-state index in [0.29, 0.717) is 5.56 Å². The minimum Gasteiger partial charge on any atom is -0.479 e. The second kappa shape index (κ2) is 6.49. The fourth-order valence-corrected chi connectivity index (χ4v) is 2.03. The predicted octanol–water partition coefficient (Wildman–Crippen LogP) is 3.14. The minimum absolute atomic E-state index is 0.0536. The summed E-state index contributed by atoms with van der Waals surface area (Å²) >= 11 is 2.99. The Morgan fingerprint density at radius 2 is 1.81 bits per heavy atom. The largest absolute Gasteiger partial charge is 0.479 e. The van der Waals surface area contributed by atoms with Crippen molar-refractivity contribution >= 4 is 27.8 Å². The van der Waals surface area contributed by atoms with Gasteiger partial charge in [-0.2, -0.15) is 0 Å². The first-order valence-electron chi connectivity index (χ1n) is 6.02. The molecule has 2 aromatic carbocycles. The molecule has 0 saturated heterocycles. The van der Waals surface area contributed by atoms with Gasteiger partial charge in [-0.15, -0.1) is 0 Å². The number of rotatable bonds is 4. The quantitative estimate of drug-likeness (QED) is 0.889. The Bertz CT molecular complexity index is 676. The summed E-state index contributed by atoms with van der Waals surface area (Å²) in [7, 11) is 0. The van der Waals surface area contributed by atoms with Crippen LogP contribution in [0.25, 0.3) is 0 Å². The van der Waals surface area contributed by atoms with Crippen LogP contribution in [0.2, 0.25) is 0 Å². The first-order chi connectivity index (χ1) is 9.99. The number of nitrogens with one attached hydrogen (secondary N) is 1. The minimum atomic E-state index is -1.19. The molecule has 0 saturated carbocycles. The topological polar surface area (TPSA) is 66.4 Å².